The zero-order valence-electron chi connectivity index (χ0n) is 15.1. The monoisotopic (exact) mass is 378 g/mol. The second-order valence-electron chi connectivity index (χ2n) is 6.36. The number of carbonyl (C=O) groups is 2. The van der Waals surface area contributed by atoms with Gasteiger partial charge >= 0.3 is 6.18 Å². The number of hydrogen-bond donors (Lipinski definition) is 1. The first kappa shape index (κ1) is 20.5. The number of amides is 2. The van der Waals surface area contributed by atoms with Crippen LogP contribution in [0.3, 0.4) is 0 Å². The molecule has 0 spiro atoms. The van der Waals surface area contributed by atoms with Crippen molar-refractivity contribution >= 4 is 11.8 Å². The Morgan fingerprint density at radius 1 is 1.00 bits per heavy atom. The van der Waals surface area contributed by atoms with Crippen LogP contribution in [0.2, 0.25) is 0 Å². The summed E-state index contributed by atoms with van der Waals surface area (Å²) in [6.45, 7) is 3.93. The molecule has 0 saturated carbocycles. The Labute approximate surface area is 156 Å². The smallest absolute Gasteiger partial charge is 0.343 e. The number of halogens is 3. The lowest BCUT2D eigenvalue weighted by Crippen LogP contribution is -2.43. The molecule has 0 aliphatic rings. The summed E-state index contributed by atoms with van der Waals surface area (Å²) in [5.74, 6) is -0.866. The second-order valence-corrected chi connectivity index (χ2v) is 6.36. The van der Waals surface area contributed by atoms with Gasteiger partial charge in [0.1, 0.15) is 0 Å². The molecule has 2 amide bonds. The van der Waals surface area contributed by atoms with Crippen molar-refractivity contribution in [1.82, 2.24) is 10.2 Å². The van der Waals surface area contributed by atoms with Crippen LogP contribution in [0.1, 0.15) is 35.3 Å². The number of nitrogens with one attached hydrogen (secondary N) is 1. The topological polar surface area (TPSA) is 49.4 Å². The summed E-state index contributed by atoms with van der Waals surface area (Å²) < 4.78 is 37.7. The van der Waals surface area contributed by atoms with Crippen LogP contribution < -0.4 is 5.32 Å². The van der Waals surface area contributed by atoms with Crippen molar-refractivity contribution in [3.63, 3.8) is 0 Å². The molecule has 2 aromatic rings. The Morgan fingerprint density at radius 2 is 1.59 bits per heavy atom. The molecule has 1 N–H and O–H groups in total. The molecular weight excluding hydrogens is 357 g/mol. The molecule has 0 aliphatic heterocycles. The first-order valence-corrected chi connectivity index (χ1v) is 8.47. The van der Waals surface area contributed by atoms with E-state index >= 15 is 0 Å². The molecule has 4 nitrogen and oxygen atoms in total. The first-order chi connectivity index (χ1) is 12.7. The molecule has 0 atom stereocenters. The van der Waals surface area contributed by atoms with Crippen molar-refractivity contribution in [2.75, 3.05) is 6.54 Å². The lowest BCUT2D eigenvalue weighted by Gasteiger charge is -2.27. The van der Waals surface area contributed by atoms with Crippen LogP contribution in [-0.2, 0) is 17.5 Å². The van der Waals surface area contributed by atoms with E-state index < -0.39 is 17.6 Å². The standard InChI is InChI=1S/C20H21F3N2O2/c1-14(2)25(13-15-6-4-3-5-7-15)18(26)12-24-19(27)16-8-10-17(11-9-16)20(21,22)23/h3-11,14H,12-13H2,1-2H3,(H,24,27). The van der Waals surface area contributed by atoms with E-state index in [-0.39, 0.29) is 24.1 Å². The van der Waals surface area contributed by atoms with Crippen molar-refractivity contribution in [2.24, 2.45) is 0 Å². The highest BCUT2D eigenvalue weighted by molar-refractivity contribution is 5.96. The number of benzene rings is 2. The average molecular weight is 378 g/mol. The van der Waals surface area contributed by atoms with Crippen molar-refractivity contribution in [2.45, 2.75) is 32.6 Å². The van der Waals surface area contributed by atoms with Crippen molar-refractivity contribution < 1.29 is 22.8 Å². The zero-order chi connectivity index (χ0) is 20.0. The number of alkyl halides is 3. The van der Waals surface area contributed by atoms with Crippen LogP contribution in [-0.4, -0.2) is 29.3 Å². The van der Waals surface area contributed by atoms with E-state index in [4.69, 9.17) is 0 Å². The summed E-state index contributed by atoms with van der Waals surface area (Å²) in [5, 5.41) is 2.47. The minimum atomic E-state index is -4.46. The van der Waals surface area contributed by atoms with Gasteiger partial charge in [-0.2, -0.15) is 13.2 Å². The molecule has 0 fully saturated rings. The molecule has 0 heterocycles. The Morgan fingerprint density at radius 3 is 2.11 bits per heavy atom. The third-order valence-electron chi connectivity index (χ3n) is 4.01. The third kappa shape index (κ3) is 5.84. The number of hydrogen-bond acceptors (Lipinski definition) is 2. The van der Waals surface area contributed by atoms with E-state index in [9.17, 15) is 22.8 Å². The maximum Gasteiger partial charge on any atom is 0.416 e. The van der Waals surface area contributed by atoms with E-state index in [0.717, 1.165) is 29.8 Å². The summed E-state index contributed by atoms with van der Waals surface area (Å²) in [6.07, 6.45) is -4.46. The van der Waals surface area contributed by atoms with Gasteiger partial charge in [-0.3, -0.25) is 9.59 Å². The second kappa shape index (κ2) is 8.70. The van der Waals surface area contributed by atoms with Gasteiger partial charge in [0.2, 0.25) is 5.91 Å². The highest BCUT2D eigenvalue weighted by atomic mass is 19.4. The number of carbonyl (C=O) groups excluding carboxylic acids is 2. The molecule has 0 unspecified atom stereocenters. The minimum absolute atomic E-state index is 0.0648. The first-order valence-electron chi connectivity index (χ1n) is 8.47. The lowest BCUT2D eigenvalue weighted by molar-refractivity contribution is -0.137. The number of nitrogens with zero attached hydrogens (tertiary/aromatic N) is 1. The Balaban J connectivity index is 1.97. The van der Waals surface area contributed by atoms with Gasteiger partial charge in [-0.05, 0) is 43.7 Å². The zero-order valence-corrected chi connectivity index (χ0v) is 15.1. The quantitative estimate of drug-likeness (QED) is 0.830. The Bertz CT molecular complexity index is 772. The van der Waals surface area contributed by atoms with E-state index in [1.165, 1.54) is 0 Å². The summed E-state index contributed by atoms with van der Waals surface area (Å²) in [4.78, 5) is 26.2. The van der Waals surface area contributed by atoms with Gasteiger partial charge in [0.25, 0.3) is 5.91 Å². The molecule has 0 aliphatic carbocycles. The average Bonchev–Trinajstić information content (AvgIpc) is 2.64. The number of rotatable bonds is 6. The Kier molecular flexibility index (Phi) is 6.60. The minimum Gasteiger partial charge on any atom is -0.343 e. The van der Waals surface area contributed by atoms with Gasteiger partial charge < -0.3 is 10.2 Å². The molecule has 27 heavy (non-hydrogen) atoms. The molecule has 7 heteroatoms. The summed E-state index contributed by atoms with van der Waals surface area (Å²) in [7, 11) is 0. The van der Waals surface area contributed by atoms with Crippen LogP contribution in [0.4, 0.5) is 13.2 Å². The van der Waals surface area contributed by atoms with Gasteiger partial charge in [-0.15, -0.1) is 0 Å². The molecule has 0 aromatic heterocycles. The SMILES string of the molecule is CC(C)N(Cc1ccccc1)C(=O)CNC(=O)c1ccc(C(F)(F)F)cc1. The van der Waals surface area contributed by atoms with Gasteiger partial charge in [-0.25, -0.2) is 0 Å². The maximum atomic E-state index is 12.6. The predicted octanol–water partition coefficient (Wildman–Crippen LogP) is 3.87. The van der Waals surface area contributed by atoms with Crippen molar-refractivity contribution in [3.05, 3.63) is 71.3 Å². The fraction of sp³-hybridized carbons (Fsp3) is 0.300. The van der Waals surface area contributed by atoms with Crippen molar-refractivity contribution in [1.29, 1.82) is 0 Å². The summed E-state index contributed by atoms with van der Waals surface area (Å²) in [5.41, 5.74) is 0.201. The largest absolute Gasteiger partial charge is 0.416 e. The van der Waals surface area contributed by atoms with Crippen LogP contribution in [0.15, 0.2) is 54.6 Å². The summed E-state index contributed by atoms with van der Waals surface area (Å²) in [6, 6.07) is 13.2. The van der Waals surface area contributed by atoms with E-state index in [1.807, 2.05) is 44.2 Å². The lowest BCUT2D eigenvalue weighted by atomic mass is 10.1. The Hall–Kier alpha value is -2.83. The molecule has 0 bridgehead atoms. The van der Waals surface area contributed by atoms with Gasteiger partial charge in [0.05, 0.1) is 12.1 Å². The highest BCUT2D eigenvalue weighted by Gasteiger charge is 2.30. The predicted molar refractivity (Wildman–Crippen MR) is 95.9 cm³/mol. The molecular formula is C20H21F3N2O2. The van der Waals surface area contributed by atoms with Gasteiger partial charge in [0.15, 0.2) is 0 Å². The molecule has 144 valence electrons. The normalized spacial score (nSPS) is 11.3. The highest BCUT2D eigenvalue weighted by Crippen LogP contribution is 2.29. The summed E-state index contributed by atoms with van der Waals surface area (Å²) >= 11 is 0. The third-order valence-corrected chi connectivity index (χ3v) is 4.01. The fourth-order valence-corrected chi connectivity index (χ4v) is 2.51. The maximum absolute atomic E-state index is 12.6. The molecule has 2 aromatic carbocycles. The van der Waals surface area contributed by atoms with Gasteiger partial charge in [0, 0.05) is 18.2 Å². The van der Waals surface area contributed by atoms with E-state index in [1.54, 1.807) is 4.90 Å². The van der Waals surface area contributed by atoms with E-state index in [2.05, 4.69) is 5.32 Å². The van der Waals surface area contributed by atoms with Crippen molar-refractivity contribution in [3.8, 4) is 0 Å². The van der Waals surface area contributed by atoms with E-state index in [0.29, 0.717) is 6.54 Å². The van der Waals surface area contributed by atoms with Crippen LogP contribution in [0, 0.1) is 0 Å². The molecule has 0 saturated heterocycles. The molecule has 2 rings (SSSR count). The molecule has 0 radical (unpaired) electrons. The van der Waals surface area contributed by atoms with Crippen LogP contribution >= 0.6 is 0 Å². The fourth-order valence-electron chi connectivity index (χ4n) is 2.51. The van der Waals surface area contributed by atoms with Crippen LogP contribution in [0.25, 0.3) is 0 Å². The van der Waals surface area contributed by atoms with Gasteiger partial charge in [-0.1, -0.05) is 30.3 Å². The van der Waals surface area contributed by atoms with Crippen LogP contribution in [0.5, 0.6) is 0 Å².